The fourth-order valence-electron chi connectivity index (χ4n) is 3.35. The SMILES string of the molecule is CN(Cc1ccc(OC(F)F)cc1)C(=O)CC1(CN)CCCCC1.Cl. The molecule has 1 aliphatic carbocycles. The summed E-state index contributed by atoms with van der Waals surface area (Å²) in [6, 6.07) is 6.37. The van der Waals surface area contributed by atoms with Gasteiger partial charge < -0.3 is 15.4 Å². The van der Waals surface area contributed by atoms with Crippen LogP contribution in [0.25, 0.3) is 0 Å². The average Bonchev–Trinajstić information content (AvgIpc) is 2.57. The standard InChI is InChI=1S/C18H26F2N2O2.ClH/c1-22(12-14-5-7-15(8-6-14)24-17(19)20)16(23)11-18(13-21)9-3-2-4-10-18;/h5-8,17H,2-4,9-13,21H2,1H3;1H. The third-order valence-electron chi connectivity index (χ3n) is 4.87. The fraction of sp³-hybridized carbons (Fsp3) is 0.611. The van der Waals surface area contributed by atoms with Crippen molar-refractivity contribution in [2.75, 3.05) is 13.6 Å². The minimum absolute atomic E-state index is 0. The molecular weight excluding hydrogens is 350 g/mol. The van der Waals surface area contributed by atoms with Crippen LogP contribution in [0.1, 0.15) is 44.1 Å². The predicted octanol–water partition coefficient (Wildman–Crippen LogP) is 3.97. The van der Waals surface area contributed by atoms with Crippen LogP contribution in [-0.2, 0) is 11.3 Å². The van der Waals surface area contributed by atoms with E-state index < -0.39 is 6.61 Å². The Hall–Kier alpha value is -1.40. The Bertz CT molecular complexity index is 534. The highest BCUT2D eigenvalue weighted by Gasteiger charge is 2.33. The van der Waals surface area contributed by atoms with Gasteiger partial charge in [0.25, 0.3) is 0 Å². The smallest absolute Gasteiger partial charge is 0.387 e. The Labute approximate surface area is 154 Å². The highest BCUT2D eigenvalue weighted by Crippen LogP contribution is 2.38. The van der Waals surface area contributed by atoms with Crippen LogP contribution in [0.4, 0.5) is 8.78 Å². The number of carbonyl (C=O) groups is 1. The van der Waals surface area contributed by atoms with Crippen molar-refractivity contribution in [1.29, 1.82) is 0 Å². The van der Waals surface area contributed by atoms with Crippen molar-refractivity contribution in [3.63, 3.8) is 0 Å². The van der Waals surface area contributed by atoms with Crippen molar-refractivity contribution in [3.8, 4) is 5.75 Å². The normalized spacial score (nSPS) is 16.2. The molecule has 1 aliphatic rings. The lowest BCUT2D eigenvalue weighted by atomic mass is 9.71. The summed E-state index contributed by atoms with van der Waals surface area (Å²) in [6.07, 6.45) is 6.01. The van der Waals surface area contributed by atoms with Crippen molar-refractivity contribution in [3.05, 3.63) is 29.8 Å². The third kappa shape index (κ3) is 6.44. The number of alkyl halides is 2. The van der Waals surface area contributed by atoms with Crippen LogP contribution in [0.15, 0.2) is 24.3 Å². The lowest BCUT2D eigenvalue weighted by Gasteiger charge is -2.36. The van der Waals surface area contributed by atoms with Gasteiger partial charge in [0.1, 0.15) is 5.75 Å². The number of hydrogen-bond donors (Lipinski definition) is 1. The van der Waals surface area contributed by atoms with Gasteiger partial charge in [-0.25, -0.2) is 0 Å². The molecule has 1 fully saturated rings. The summed E-state index contributed by atoms with van der Waals surface area (Å²) in [7, 11) is 1.76. The second-order valence-electron chi connectivity index (χ2n) is 6.71. The van der Waals surface area contributed by atoms with Crippen LogP contribution in [0.5, 0.6) is 5.75 Å². The first-order valence-electron chi connectivity index (χ1n) is 8.42. The molecular formula is C18H27ClF2N2O2. The lowest BCUT2D eigenvalue weighted by molar-refractivity contribution is -0.133. The van der Waals surface area contributed by atoms with E-state index in [1.807, 2.05) is 0 Å². The van der Waals surface area contributed by atoms with Gasteiger partial charge in [0.05, 0.1) is 0 Å². The molecule has 2 N–H and O–H groups in total. The predicted molar refractivity (Wildman–Crippen MR) is 96.0 cm³/mol. The molecule has 25 heavy (non-hydrogen) atoms. The minimum atomic E-state index is -2.83. The van der Waals surface area contributed by atoms with Gasteiger partial charge in [-0.3, -0.25) is 4.79 Å². The van der Waals surface area contributed by atoms with Gasteiger partial charge in [0.15, 0.2) is 0 Å². The van der Waals surface area contributed by atoms with Crippen LogP contribution >= 0.6 is 12.4 Å². The molecule has 0 spiro atoms. The highest BCUT2D eigenvalue weighted by molar-refractivity contribution is 5.85. The molecule has 0 saturated heterocycles. The Kier molecular flexibility index (Phi) is 8.59. The summed E-state index contributed by atoms with van der Waals surface area (Å²) in [5.74, 6) is 0.197. The van der Waals surface area contributed by atoms with Gasteiger partial charge in [0, 0.05) is 20.0 Å². The number of halogens is 3. The maximum Gasteiger partial charge on any atom is 0.387 e. The molecule has 2 rings (SSSR count). The van der Waals surface area contributed by atoms with E-state index in [0.29, 0.717) is 19.5 Å². The second kappa shape index (κ2) is 9.92. The molecule has 0 aromatic heterocycles. The molecule has 1 amide bonds. The van der Waals surface area contributed by atoms with Gasteiger partial charge in [-0.2, -0.15) is 8.78 Å². The van der Waals surface area contributed by atoms with Crippen LogP contribution in [0.3, 0.4) is 0 Å². The lowest BCUT2D eigenvalue weighted by Crippen LogP contribution is -2.39. The quantitative estimate of drug-likeness (QED) is 0.783. The van der Waals surface area contributed by atoms with Crippen molar-refractivity contribution in [2.45, 2.75) is 51.7 Å². The topological polar surface area (TPSA) is 55.6 Å². The van der Waals surface area contributed by atoms with Crippen LogP contribution in [0.2, 0.25) is 0 Å². The fourth-order valence-corrected chi connectivity index (χ4v) is 3.35. The molecule has 142 valence electrons. The molecule has 4 nitrogen and oxygen atoms in total. The van der Waals surface area contributed by atoms with Gasteiger partial charge in [-0.05, 0) is 42.5 Å². The van der Waals surface area contributed by atoms with Crippen molar-refractivity contribution in [2.24, 2.45) is 11.1 Å². The summed E-state index contributed by atoms with van der Waals surface area (Å²) in [5, 5.41) is 0. The molecule has 0 radical (unpaired) electrons. The summed E-state index contributed by atoms with van der Waals surface area (Å²) in [5.41, 5.74) is 6.77. The molecule has 1 saturated carbocycles. The van der Waals surface area contributed by atoms with E-state index in [4.69, 9.17) is 5.73 Å². The third-order valence-corrected chi connectivity index (χ3v) is 4.87. The van der Waals surface area contributed by atoms with Crippen molar-refractivity contribution >= 4 is 18.3 Å². The molecule has 0 atom stereocenters. The molecule has 0 bridgehead atoms. The number of amides is 1. The Morgan fingerprint density at radius 1 is 1.24 bits per heavy atom. The summed E-state index contributed by atoms with van der Waals surface area (Å²) in [6.45, 7) is -1.84. The van der Waals surface area contributed by atoms with Crippen molar-refractivity contribution < 1.29 is 18.3 Å². The minimum Gasteiger partial charge on any atom is -0.435 e. The molecule has 1 aromatic carbocycles. The van der Waals surface area contributed by atoms with E-state index in [1.54, 1.807) is 24.1 Å². The van der Waals surface area contributed by atoms with Crippen LogP contribution in [0, 0.1) is 5.41 Å². The number of ether oxygens (including phenoxy) is 1. The van der Waals surface area contributed by atoms with E-state index >= 15 is 0 Å². The maximum atomic E-state index is 12.5. The Morgan fingerprint density at radius 3 is 2.36 bits per heavy atom. The van der Waals surface area contributed by atoms with E-state index in [2.05, 4.69) is 4.74 Å². The molecule has 0 heterocycles. The first-order valence-corrected chi connectivity index (χ1v) is 8.42. The molecule has 0 aliphatic heterocycles. The number of rotatable bonds is 7. The largest absolute Gasteiger partial charge is 0.435 e. The first-order chi connectivity index (χ1) is 11.4. The number of nitrogens with two attached hydrogens (primary N) is 1. The van der Waals surface area contributed by atoms with E-state index in [1.165, 1.54) is 18.6 Å². The van der Waals surface area contributed by atoms with Gasteiger partial charge >= 0.3 is 6.61 Å². The maximum absolute atomic E-state index is 12.5. The van der Waals surface area contributed by atoms with E-state index in [9.17, 15) is 13.6 Å². The Balaban J connectivity index is 0.00000312. The zero-order valence-corrected chi connectivity index (χ0v) is 15.4. The average molecular weight is 377 g/mol. The zero-order valence-electron chi connectivity index (χ0n) is 14.5. The number of nitrogens with zero attached hydrogens (tertiary/aromatic N) is 1. The zero-order chi connectivity index (χ0) is 17.6. The highest BCUT2D eigenvalue weighted by atomic mass is 35.5. The summed E-state index contributed by atoms with van der Waals surface area (Å²) >= 11 is 0. The van der Waals surface area contributed by atoms with Crippen LogP contribution in [-0.4, -0.2) is 31.0 Å². The number of carbonyl (C=O) groups excluding carboxylic acids is 1. The Morgan fingerprint density at radius 2 is 1.84 bits per heavy atom. The summed E-state index contributed by atoms with van der Waals surface area (Å²) < 4.78 is 28.6. The van der Waals surface area contributed by atoms with Crippen molar-refractivity contribution in [1.82, 2.24) is 4.90 Å². The number of hydrogen-bond acceptors (Lipinski definition) is 3. The van der Waals surface area contributed by atoms with Gasteiger partial charge in [-0.15, -0.1) is 12.4 Å². The molecule has 7 heteroatoms. The van der Waals surface area contributed by atoms with E-state index in [-0.39, 0.29) is 29.5 Å². The van der Waals surface area contributed by atoms with E-state index in [0.717, 1.165) is 31.2 Å². The number of benzene rings is 1. The monoisotopic (exact) mass is 376 g/mol. The molecule has 1 aromatic rings. The first kappa shape index (κ1) is 21.6. The summed E-state index contributed by atoms with van der Waals surface area (Å²) in [4.78, 5) is 14.2. The van der Waals surface area contributed by atoms with Crippen LogP contribution < -0.4 is 10.5 Å². The molecule has 0 unspecified atom stereocenters. The van der Waals surface area contributed by atoms with Gasteiger partial charge in [0.2, 0.25) is 5.91 Å². The second-order valence-corrected chi connectivity index (χ2v) is 6.71. The van der Waals surface area contributed by atoms with Gasteiger partial charge in [-0.1, -0.05) is 31.4 Å².